The molecule has 2 heterocycles. The molecular formula is C16H15BrN4OS. The van der Waals surface area contributed by atoms with Crippen LogP contribution in [0.25, 0.3) is 6.08 Å². The number of fused-ring (bicyclic) bond motifs is 1. The summed E-state index contributed by atoms with van der Waals surface area (Å²) in [5.41, 5.74) is 1.11. The largest absolute Gasteiger partial charge is 0.283 e. The highest BCUT2D eigenvalue weighted by Gasteiger charge is 2.35. The summed E-state index contributed by atoms with van der Waals surface area (Å²) < 4.78 is 0.964. The van der Waals surface area contributed by atoms with Crippen molar-refractivity contribution in [2.24, 2.45) is 10.1 Å². The van der Waals surface area contributed by atoms with E-state index in [0.29, 0.717) is 5.17 Å². The molecule has 23 heavy (non-hydrogen) atoms. The molecule has 0 saturated heterocycles. The summed E-state index contributed by atoms with van der Waals surface area (Å²) in [7, 11) is 0. The molecule has 1 aromatic carbocycles. The smallest absolute Gasteiger partial charge is 0.282 e. The number of hydrogen-bond donors (Lipinski definition) is 1. The van der Waals surface area contributed by atoms with Crippen molar-refractivity contribution in [3.63, 3.8) is 0 Å². The fourth-order valence-electron chi connectivity index (χ4n) is 2.19. The van der Waals surface area contributed by atoms with Gasteiger partial charge in [0.05, 0.1) is 5.57 Å². The quantitative estimate of drug-likeness (QED) is 0.780. The Kier molecular flexibility index (Phi) is 4.77. The maximum atomic E-state index is 12.2. The van der Waals surface area contributed by atoms with Crippen LogP contribution in [0.5, 0.6) is 0 Å². The number of carbonyl (C=O) groups is 1. The molecule has 0 atom stereocenters. The van der Waals surface area contributed by atoms with Gasteiger partial charge in [-0.2, -0.15) is 15.1 Å². The van der Waals surface area contributed by atoms with Gasteiger partial charge in [0.15, 0.2) is 5.84 Å². The van der Waals surface area contributed by atoms with Gasteiger partial charge in [-0.05, 0) is 48.4 Å². The van der Waals surface area contributed by atoms with Gasteiger partial charge in [0.1, 0.15) is 5.04 Å². The number of nitrogens with zero attached hydrogens (tertiary/aromatic N) is 3. The number of amides is 1. The molecule has 5 nitrogen and oxygen atoms in total. The molecule has 1 aromatic rings. The topological polar surface area (TPSA) is 68.9 Å². The van der Waals surface area contributed by atoms with E-state index in [1.807, 2.05) is 24.3 Å². The van der Waals surface area contributed by atoms with Crippen LogP contribution in [0.2, 0.25) is 0 Å². The molecule has 0 radical (unpaired) electrons. The highest BCUT2D eigenvalue weighted by Crippen LogP contribution is 2.30. The predicted molar refractivity (Wildman–Crippen MR) is 98.7 cm³/mol. The zero-order chi connectivity index (χ0) is 16.4. The molecule has 0 spiro atoms. The zero-order valence-corrected chi connectivity index (χ0v) is 14.9. The second-order valence-corrected chi connectivity index (χ2v) is 7.13. The van der Waals surface area contributed by atoms with Crippen LogP contribution >= 0.6 is 27.7 Å². The summed E-state index contributed by atoms with van der Waals surface area (Å²) in [5, 5.41) is 15.6. The maximum Gasteiger partial charge on any atom is 0.283 e. The van der Waals surface area contributed by atoms with Gasteiger partial charge in [-0.15, -0.1) is 0 Å². The minimum Gasteiger partial charge on any atom is -0.282 e. The van der Waals surface area contributed by atoms with Crippen LogP contribution in [0.15, 0.2) is 44.4 Å². The number of amidine groups is 2. The second-order valence-electron chi connectivity index (χ2n) is 5.17. The fourth-order valence-corrected chi connectivity index (χ4v) is 3.38. The number of nitrogens with one attached hydrogen (secondary N) is 1. The second kappa shape index (κ2) is 6.80. The van der Waals surface area contributed by atoms with Crippen molar-refractivity contribution in [1.29, 1.82) is 5.41 Å². The van der Waals surface area contributed by atoms with Crippen molar-refractivity contribution < 1.29 is 4.79 Å². The third-order valence-corrected chi connectivity index (χ3v) is 4.92. The Morgan fingerprint density at radius 2 is 2.09 bits per heavy atom. The normalized spacial score (nSPS) is 19.0. The fraction of sp³-hybridized carbons (Fsp3) is 0.250. The van der Waals surface area contributed by atoms with Crippen LogP contribution in [-0.4, -0.2) is 27.0 Å². The molecule has 1 amide bonds. The molecular weight excluding hydrogens is 376 g/mol. The van der Waals surface area contributed by atoms with Crippen LogP contribution in [0.3, 0.4) is 0 Å². The third kappa shape index (κ3) is 3.45. The first-order valence-electron chi connectivity index (χ1n) is 7.33. The lowest BCUT2D eigenvalue weighted by atomic mass is 10.1. The van der Waals surface area contributed by atoms with Crippen molar-refractivity contribution in [2.75, 3.05) is 0 Å². The monoisotopic (exact) mass is 390 g/mol. The van der Waals surface area contributed by atoms with Crippen LogP contribution in [0.4, 0.5) is 0 Å². The van der Waals surface area contributed by atoms with Crippen molar-refractivity contribution in [3.05, 3.63) is 39.9 Å². The minimum atomic E-state index is -0.386. The lowest BCUT2D eigenvalue weighted by Crippen LogP contribution is -2.35. The summed E-state index contributed by atoms with van der Waals surface area (Å²) in [4.78, 5) is 16.3. The Morgan fingerprint density at radius 3 is 2.78 bits per heavy atom. The van der Waals surface area contributed by atoms with Gasteiger partial charge in [0.2, 0.25) is 5.17 Å². The van der Waals surface area contributed by atoms with Crippen molar-refractivity contribution in [1.82, 2.24) is 5.01 Å². The molecule has 0 aromatic heterocycles. The van der Waals surface area contributed by atoms with Crippen molar-refractivity contribution >= 4 is 55.7 Å². The van der Waals surface area contributed by atoms with E-state index in [4.69, 9.17) is 5.41 Å². The first-order chi connectivity index (χ1) is 11.1. The van der Waals surface area contributed by atoms with Crippen LogP contribution in [0.1, 0.15) is 31.7 Å². The lowest BCUT2D eigenvalue weighted by molar-refractivity contribution is -0.114. The summed E-state index contributed by atoms with van der Waals surface area (Å²) in [6.45, 7) is 2.12. The summed E-state index contributed by atoms with van der Waals surface area (Å²) in [6.07, 6.45) is 4.65. The number of aliphatic imine (C=N–C) groups is 1. The van der Waals surface area contributed by atoms with Gasteiger partial charge in [-0.1, -0.05) is 41.4 Å². The van der Waals surface area contributed by atoms with Crippen molar-refractivity contribution in [3.8, 4) is 0 Å². The Hall–Kier alpha value is -1.73. The molecule has 2 aliphatic rings. The Balaban J connectivity index is 1.88. The number of hydrogen-bond acceptors (Lipinski definition) is 4. The molecule has 0 fully saturated rings. The average Bonchev–Trinajstić information content (AvgIpc) is 2.94. The molecule has 0 aliphatic carbocycles. The summed E-state index contributed by atoms with van der Waals surface area (Å²) in [5.74, 6) is -0.300. The Bertz CT molecular complexity index is 752. The molecule has 118 valence electrons. The number of unbranched alkanes of at least 4 members (excludes halogenated alkanes) is 1. The van der Waals surface area contributed by atoms with Gasteiger partial charge in [0, 0.05) is 4.47 Å². The molecule has 0 unspecified atom stereocenters. The van der Waals surface area contributed by atoms with Crippen LogP contribution in [-0.2, 0) is 4.79 Å². The molecule has 0 saturated carbocycles. The number of thioether (sulfide) groups is 1. The van der Waals surface area contributed by atoms with Crippen LogP contribution < -0.4 is 0 Å². The maximum absolute atomic E-state index is 12.2. The van der Waals surface area contributed by atoms with E-state index in [9.17, 15) is 4.79 Å². The van der Waals surface area contributed by atoms with E-state index in [-0.39, 0.29) is 17.3 Å². The van der Waals surface area contributed by atoms with E-state index >= 15 is 0 Å². The molecule has 0 bridgehead atoms. The SMILES string of the molecule is CCCCC1=NN2C(=N)C(=Cc3ccc(Br)cc3)C(=O)N=C2S1. The predicted octanol–water partition coefficient (Wildman–Crippen LogP) is 4.26. The van der Waals surface area contributed by atoms with Gasteiger partial charge < -0.3 is 0 Å². The Labute approximate surface area is 147 Å². The first kappa shape index (κ1) is 16.1. The lowest BCUT2D eigenvalue weighted by Gasteiger charge is -2.20. The summed E-state index contributed by atoms with van der Waals surface area (Å²) in [6, 6.07) is 7.55. The number of rotatable bonds is 4. The molecule has 3 rings (SSSR count). The summed E-state index contributed by atoms with van der Waals surface area (Å²) >= 11 is 4.76. The van der Waals surface area contributed by atoms with Gasteiger partial charge in [-0.25, -0.2) is 0 Å². The molecule has 2 aliphatic heterocycles. The van der Waals surface area contributed by atoms with E-state index in [2.05, 4.69) is 32.9 Å². The van der Waals surface area contributed by atoms with Gasteiger partial charge >= 0.3 is 0 Å². The molecule has 1 N–H and O–H groups in total. The standard InChI is InChI=1S/C16H15BrN4OS/c1-2-3-4-13-20-21-14(18)12(15(22)19-16(21)23-13)9-10-5-7-11(17)8-6-10/h5-9,18H,2-4H2,1H3. The average molecular weight is 391 g/mol. The third-order valence-electron chi connectivity index (χ3n) is 3.42. The zero-order valence-electron chi connectivity index (χ0n) is 12.5. The first-order valence-corrected chi connectivity index (χ1v) is 8.94. The highest BCUT2D eigenvalue weighted by molar-refractivity contribution is 9.10. The van der Waals surface area contributed by atoms with Gasteiger partial charge in [-0.3, -0.25) is 10.2 Å². The minimum absolute atomic E-state index is 0.0851. The van der Waals surface area contributed by atoms with Crippen LogP contribution in [0, 0.1) is 5.41 Å². The van der Waals surface area contributed by atoms with Crippen molar-refractivity contribution in [2.45, 2.75) is 26.2 Å². The van der Waals surface area contributed by atoms with Gasteiger partial charge in [0.25, 0.3) is 5.91 Å². The number of halogens is 1. The molecule has 7 heteroatoms. The number of carbonyl (C=O) groups excluding carboxylic acids is 1. The van der Waals surface area contributed by atoms with E-state index in [1.165, 1.54) is 16.8 Å². The highest BCUT2D eigenvalue weighted by atomic mass is 79.9. The van der Waals surface area contributed by atoms with E-state index in [0.717, 1.165) is 34.3 Å². The Morgan fingerprint density at radius 1 is 1.35 bits per heavy atom. The van der Waals surface area contributed by atoms with E-state index in [1.54, 1.807) is 6.08 Å². The van der Waals surface area contributed by atoms with E-state index < -0.39 is 0 Å². The number of benzene rings is 1. The number of hydrazone groups is 1.